The molecule has 0 aliphatic heterocycles. The van der Waals surface area contributed by atoms with Gasteiger partial charge >= 0.3 is 0 Å². The van der Waals surface area contributed by atoms with E-state index in [4.69, 9.17) is 15.2 Å². The summed E-state index contributed by atoms with van der Waals surface area (Å²) in [7, 11) is 0. The van der Waals surface area contributed by atoms with Crippen LogP contribution in [0.15, 0.2) is 0 Å². The van der Waals surface area contributed by atoms with Crippen molar-refractivity contribution in [1.82, 2.24) is 4.90 Å². The molecule has 0 aromatic heterocycles. The molecule has 1 aliphatic rings. The van der Waals surface area contributed by atoms with Crippen LogP contribution in [0.2, 0.25) is 0 Å². The van der Waals surface area contributed by atoms with Crippen molar-refractivity contribution in [3.05, 3.63) is 0 Å². The van der Waals surface area contributed by atoms with Crippen LogP contribution in [0.4, 0.5) is 0 Å². The van der Waals surface area contributed by atoms with Gasteiger partial charge in [-0.3, -0.25) is 4.90 Å². The molecule has 120 valence electrons. The number of hydrogen-bond acceptors (Lipinski definition) is 4. The highest BCUT2D eigenvalue weighted by atomic mass is 16.5. The Labute approximate surface area is 125 Å². The second kappa shape index (κ2) is 11.5. The van der Waals surface area contributed by atoms with Crippen LogP contribution in [0.3, 0.4) is 0 Å². The molecule has 0 spiro atoms. The van der Waals surface area contributed by atoms with Gasteiger partial charge in [0.2, 0.25) is 0 Å². The SMILES string of the molecule is CCOCCN(CCOCC)CC1CCCCCC1N. The quantitative estimate of drug-likeness (QED) is 0.494. The topological polar surface area (TPSA) is 47.7 Å². The van der Waals surface area contributed by atoms with E-state index in [9.17, 15) is 0 Å². The van der Waals surface area contributed by atoms with Gasteiger partial charge in [-0.25, -0.2) is 0 Å². The Kier molecular flexibility index (Phi) is 10.3. The summed E-state index contributed by atoms with van der Waals surface area (Å²) in [4.78, 5) is 2.47. The van der Waals surface area contributed by atoms with Gasteiger partial charge in [0.15, 0.2) is 0 Å². The molecule has 1 rings (SSSR count). The molecule has 1 fully saturated rings. The summed E-state index contributed by atoms with van der Waals surface area (Å²) in [6.45, 7) is 10.4. The van der Waals surface area contributed by atoms with Gasteiger partial charge in [0.25, 0.3) is 0 Å². The number of rotatable bonds is 10. The Bertz CT molecular complexity index is 217. The first kappa shape index (κ1) is 17.9. The van der Waals surface area contributed by atoms with Gasteiger partial charge in [-0.1, -0.05) is 19.3 Å². The van der Waals surface area contributed by atoms with Gasteiger partial charge in [-0.2, -0.15) is 0 Å². The van der Waals surface area contributed by atoms with Crippen molar-refractivity contribution < 1.29 is 9.47 Å². The standard InChI is InChI=1S/C16H34N2O2/c1-3-19-12-10-18(11-13-20-4-2)14-15-8-6-5-7-9-16(15)17/h15-16H,3-14,17H2,1-2H3. The lowest BCUT2D eigenvalue weighted by molar-refractivity contribution is 0.0726. The van der Waals surface area contributed by atoms with E-state index in [1.165, 1.54) is 32.1 Å². The summed E-state index contributed by atoms with van der Waals surface area (Å²) in [6.07, 6.45) is 6.46. The average molecular weight is 286 g/mol. The highest BCUT2D eigenvalue weighted by Gasteiger charge is 2.22. The predicted molar refractivity (Wildman–Crippen MR) is 84.0 cm³/mol. The van der Waals surface area contributed by atoms with E-state index in [0.29, 0.717) is 12.0 Å². The summed E-state index contributed by atoms with van der Waals surface area (Å²) in [5.41, 5.74) is 6.35. The Balaban J connectivity index is 2.38. The van der Waals surface area contributed by atoms with Crippen LogP contribution in [-0.2, 0) is 9.47 Å². The number of hydrogen-bond donors (Lipinski definition) is 1. The van der Waals surface area contributed by atoms with Crippen LogP contribution in [0.1, 0.15) is 46.0 Å². The maximum Gasteiger partial charge on any atom is 0.0593 e. The van der Waals surface area contributed by atoms with E-state index in [1.807, 2.05) is 13.8 Å². The molecule has 2 atom stereocenters. The highest BCUT2D eigenvalue weighted by molar-refractivity contribution is 4.79. The highest BCUT2D eigenvalue weighted by Crippen LogP contribution is 2.23. The summed E-state index contributed by atoms with van der Waals surface area (Å²) < 4.78 is 11.0. The predicted octanol–water partition coefficient (Wildman–Crippen LogP) is 2.27. The Morgan fingerprint density at radius 2 is 1.55 bits per heavy atom. The van der Waals surface area contributed by atoms with Crippen LogP contribution >= 0.6 is 0 Å². The van der Waals surface area contributed by atoms with Crippen LogP contribution < -0.4 is 5.73 Å². The number of ether oxygens (including phenoxy) is 2. The fourth-order valence-electron chi connectivity index (χ4n) is 2.94. The summed E-state index contributed by atoms with van der Waals surface area (Å²) in [5, 5.41) is 0. The second-order valence-corrected chi connectivity index (χ2v) is 5.76. The first-order valence-corrected chi connectivity index (χ1v) is 8.41. The molecule has 4 heteroatoms. The molecule has 20 heavy (non-hydrogen) atoms. The maximum atomic E-state index is 6.35. The minimum atomic E-state index is 0.374. The van der Waals surface area contributed by atoms with Gasteiger partial charge < -0.3 is 15.2 Å². The number of nitrogens with zero attached hydrogens (tertiary/aromatic N) is 1. The zero-order chi connectivity index (χ0) is 14.6. The normalized spacial score (nSPS) is 24.0. The fraction of sp³-hybridized carbons (Fsp3) is 1.00. The lowest BCUT2D eigenvalue weighted by Crippen LogP contribution is -2.41. The van der Waals surface area contributed by atoms with Gasteiger partial charge in [0.05, 0.1) is 13.2 Å². The minimum absolute atomic E-state index is 0.374. The van der Waals surface area contributed by atoms with Crippen LogP contribution in [-0.4, -0.2) is 57.0 Å². The zero-order valence-electron chi connectivity index (χ0n) is 13.5. The summed E-state index contributed by atoms with van der Waals surface area (Å²) in [6, 6.07) is 0.374. The third-order valence-electron chi connectivity index (χ3n) is 4.22. The van der Waals surface area contributed by atoms with Gasteiger partial charge in [0, 0.05) is 38.9 Å². The van der Waals surface area contributed by atoms with Gasteiger partial charge in [0.1, 0.15) is 0 Å². The van der Waals surface area contributed by atoms with Crippen molar-refractivity contribution in [2.75, 3.05) is 46.1 Å². The zero-order valence-corrected chi connectivity index (χ0v) is 13.5. The Morgan fingerprint density at radius 1 is 0.950 bits per heavy atom. The minimum Gasteiger partial charge on any atom is -0.380 e. The van der Waals surface area contributed by atoms with E-state index < -0.39 is 0 Å². The molecule has 0 aromatic carbocycles. The van der Waals surface area contributed by atoms with Crippen LogP contribution in [0.5, 0.6) is 0 Å². The first-order valence-electron chi connectivity index (χ1n) is 8.41. The van der Waals surface area contributed by atoms with Crippen molar-refractivity contribution in [1.29, 1.82) is 0 Å². The Hall–Kier alpha value is -0.160. The summed E-state index contributed by atoms with van der Waals surface area (Å²) >= 11 is 0. The molecule has 0 amide bonds. The molecule has 1 saturated carbocycles. The van der Waals surface area contributed by atoms with Gasteiger partial charge in [-0.05, 0) is 32.6 Å². The van der Waals surface area contributed by atoms with Crippen molar-refractivity contribution >= 4 is 0 Å². The molecule has 0 aromatic rings. The van der Waals surface area contributed by atoms with E-state index in [1.54, 1.807) is 0 Å². The molecule has 2 unspecified atom stereocenters. The molecular formula is C16H34N2O2. The van der Waals surface area contributed by atoms with E-state index in [2.05, 4.69) is 4.90 Å². The molecule has 0 heterocycles. The third kappa shape index (κ3) is 7.58. The van der Waals surface area contributed by atoms with E-state index in [-0.39, 0.29) is 0 Å². The lowest BCUT2D eigenvalue weighted by Gasteiger charge is -2.29. The average Bonchev–Trinajstić information content (AvgIpc) is 2.64. The largest absolute Gasteiger partial charge is 0.380 e. The first-order chi connectivity index (χ1) is 9.77. The van der Waals surface area contributed by atoms with E-state index in [0.717, 1.165) is 46.1 Å². The van der Waals surface area contributed by atoms with E-state index >= 15 is 0 Å². The molecule has 2 N–H and O–H groups in total. The van der Waals surface area contributed by atoms with Crippen LogP contribution in [0, 0.1) is 5.92 Å². The van der Waals surface area contributed by atoms with Crippen molar-refractivity contribution in [2.45, 2.75) is 52.0 Å². The molecule has 1 aliphatic carbocycles. The fourth-order valence-corrected chi connectivity index (χ4v) is 2.94. The molecular weight excluding hydrogens is 252 g/mol. The third-order valence-corrected chi connectivity index (χ3v) is 4.22. The monoisotopic (exact) mass is 286 g/mol. The van der Waals surface area contributed by atoms with Crippen LogP contribution in [0.25, 0.3) is 0 Å². The summed E-state index contributed by atoms with van der Waals surface area (Å²) in [5.74, 6) is 0.640. The van der Waals surface area contributed by atoms with Gasteiger partial charge in [-0.15, -0.1) is 0 Å². The van der Waals surface area contributed by atoms with Crippen molar-refractivity contribution in [3.63, 3.8) is 0 Å². The molecule has 0 radical (unpaired) electrons. The molecule has 4 nitrogen and oxygen atoms in total. The smallest absolute Gasteiger partial charge is 0.0593 e. The van der Waals surface area contributed by atoms with Crippen molar-refractivity contribution in [2.24, 2.45) is 11.7 Å². The molecule has 0 saturated heterocycles. The molecule has 0 bridgehead atoms. The lowest BCUT2D eigenvalue weighted by atomic mass is 9.95. The number of nitrogens with two attached hydrogens (primary N) is 1. The van der Waals surface area contributed by atoms with Crippen molar-refractivity contribution in [3.8, 4) is 0 Å². The Morgan fingerprint density at radius 3 is 2.15 bits per heavy atom. The second-order valence-electron chi connectivity index (χ2n) is 5.76. The maximum absolute atomic E-state index is 6.35.